The van der Waals surface area contributed by atoms with E-state index in [2.05, 4.69) is 31.4 Å². The molecule has 1 heterocycles. The molecule has 2 aromatic rings. The molecule has 0 aliphatic heterocycles. The molecule has 1 aliphatic carbocycles. The molecule has 1 aromatic carbocycles. The van der Waals surface area contributed by atoms with Crippen molar-refractivity contribution in [2.75, 3.05) is 5.32 Å². The largest absolute Gasteiger partial charge is 0.328 e. The van der Waals surface area contributed by atoms with E-state index in [9.17, 15) is 4.79 Å². The van der Waals surface area contributed by atoms with Gasteiger partial charge in [0.15, 0.2) is 5.82 Å². The number of aromatic nitrogens is 2. The number of benzene rings is 1. The second-order valence-electron chi connectivity index (χ2n) is 5.55. The molecule has 2 atom stereocenters. The molecule has 0 bridgehead atoms. The van der Waals surface area contributed by atoms with Gasteiger partial charge in [-0.3, -0.25) is 9.89 Å². The molecule has 22 heavy (non-hydrogen) atoms. The molecule has 0 spiro atoms. The Kier molecular flexibility index (Phi) is 4.52. The third kappa shape index (κ3) is 3.34. The van der Waals surface area contributed by atoms with E-state index in [0.717, 1.165) is 35.0 Å². The lowest BCUT2D eigenvalue weighted by molar-refractivity contribution is -0.119. The first kappa shape index (κ1) is 15.5. The molecule has 0 radical (unpaired) electrons. The zero-order chi connectivity index (χ0) is 15.7. The van der Waals surface area contributed by atoms with Crippen LogP contribution >= 0.6 is 27.5 Å². The Balaban J connectivity index is 1.74. The zero-order valence-electron chi connectivity index (χ0n) is 11.8. The predicted molar refractivity (Wildman–Crippen MR) is 90.7 cm³/mol. The van der Waals surface area contributed by atoms with Crippen molar-refractivity contribution in [3.05, 3.63) is 33.8 Å². The minimum atomic E-state index is -0.0235. The van der Waals surface area contributed by atoms with E-state index >= 15 is 0 Å². The molecule has 1 fully saturated rings. The number of amides is 1. The number of carbonyl (C=O) groups is 1. The van der Waals surface area contributed by atoms with Gasteiger partial charge in [0.05, 0.1) is 10.7 Å². The van der Waals surface area contributed by atoms with Crippen LogP contribution in [0.15, 0.2) is 28.7 Å². The lowest BCUT2D eigenvalue weighted by Crippen LogP contribution is -2.23. The van der Waals surface area contributed by atoms with Crippen LogP contribution in [0.4, 0.5) is 5.82 Å². The van der Waals surface area contributed by atoms with E-state index in [1.807, 2.05) is 12.1 Å². The SMILES string of the molecule is NC1CCC(C(=O)Nc2cc(-c3cc(Br)ccc3Cl)[nH]n2)C1. The molecule has 2 unspecified atom stereocenters. The number of nitrogens with one attached hydrogen (secondary N) is 2. The number of nitrogens with zero attached hydrogens (tertiary/aromatic N) is 1. The number of carbonyl (C=O) groups excluding carboxylic acids is 1. The van der Waals surface area contributed by atoms with Crippen molar-refractivity contribution in [1.82, 2.24) is 10.2 Å². The molecule has 1 aliphatic rings. The van der Waals surface area contributed by atoms with Crippen LogP contribution in [-0.4, -0.2) is 22.1 Å². The summed E-state index contributed by atoms with van der Waals surface area (Å²) in [5.74, 6) is 0.451. The molecule has 1 saturated carbocycles. The first-order valence-corrected chi connectivity index (χ1v) is 8.27. The van der Waals surface area contributed by atoms with Gasteiger partial charge in [-0.05, 0) is 37.5 Å². The van der Waals surface area contributed by atoms with Gasteiger partial charge < -0.3 is 11.1 Å². The first-order chi connectivity index (χ1) is 10.5. The van der Waals surface area contributed by atoms with E-state index in [4.69, 9.17) is 17.3 Å². The number of anilines is 1. The lowest BCUT2D eigenvalue weighted by atomic mass is 10.1. The lowest BCUT2D eigenvalue weighted by Gasteiger charge is -2.08. The molecule has 7 heteroatoms. The van der Waals surface area contributed by atoms with Gasteiger partial charge >= 0.3 is 0 Å². The number of aromatic amines is 1. The Morgan fingerprint density at radius 3 is 2.95 bits per heavy atom. The Bertz CT molecular complexity index is 703. The average molecular weight is 384 g/mol. The summed E-state index contributed by atoms with van der Waals surface area (Å²) in [6.45, 7) is 0. The zero-order valence-corrected chi connectivity index (χ0v) is 14.1. The Morgan fingerprint density at radius 1 is 1.41 bits per heavy atom. The van der Waals surface area contributed by atoms with Crippen LogP contribution in [-0.2, 0) is 4.79 Å². The van der Waals surface area contributed by atoms with Crippen molar-refractivity contribution in [2.24, 2.45) is 11.7 Å². The Hall–Kier alpha value is -1.37. The minimum absolute atomic E-state index is 0.0219. The average Bonchev–Trinajstić information content (AvgIpc) is 3.11. The number of nitrogens with two attached hydrogens (primary N) is 1. The number of rotatable bonds is 3. The van der Waals surface area contributed by atoms with Gasteiger partial charge in [0, 0.05) is 28.1 Å². The van der Waals surface area contributed by atoms with Gasteiger partial charge in [0.2, 0.25) is 5.91 Å². The minimum Gasteiger partial charge on any atom is -0.328 e. The summed E-state index contributed by atoms with van der Waals surface area (Å²) in [5.41, 5.74) is 7.43. The Labute approximate surface area is 141 Å². The van der Waals surface area contributed by atoms with E-state index in [-0.39, 0.29) is 17.9 Å². The smallest absolute Gasteiger partial charge is 0.228 e. The highest BCUT2D eigenvalue weighted by atomic mass is 79.9. The maximum Gasteiger partial charge on any atom is 0.228 e. The highest BCUT2D eigenvalue weighted by Crippen LogP contribution is 2.31. The van der Waals surface area contributed by atoms with E-state index in [1.165, 1.54) is 0 Å². The van der Waals surface area contributed by atoms with E-state index in [0.29, 0.717) is 10.8 Å². The molecule has 0 saturated heterocycles. The van der Waals surface area contributed by atoms with E-state index < -0.39 is 0 Å². The van der Waals surface area contributed by atoms with Gasteiger partial charge in [0.25, 0.3) is 0 Å². The third-order valence-electron chi connectivity index (χ3n) is 3.89. The van der Waals surface area contributed by atoms with Crippen LogP contribution in [0.2, 0.25) is 5.02 Å². The van der Waals surface area contributed by atoms with E-state index in [1.54, 1.807) is 12.1 Å². The summed E-state index contributed by atoms with van der Waals surface area (Å²) >= 11 is 9.61. The summed E-state index contributed by atoms with van der Waals surface area (Å²) in [4.78, 5) is 12.2. The van der Waals surface area contributed by atoms with Crippen molar-refractivity contribution in [3.63, 3.8) is 0 Å². The molecule has 5 nitrogen and oxygen atoms in total. The number of halogens is 2. The second-order valence-corrected chi connectivity index (χ2v) is 6.87. The van der Waals surface area contributed by atoms with Gasteiger partial charge in [-0.15, -0.1) is 0 Å². The van der Waals surface area contributed by atoms with Gasteiger partial charge in [0.1, 0.15) is 0 Å². The second kappa shape index (κ2) is 6.40. The highest BCUT2D eigenvalue weighted by molar-refractivity contribution is 9.10. The molecular formula is C15H16BrClN4O. The van der Waals surface area contributed by atoms with Crippen molar-refractivity contribution in [1.29, 1.82) is 0 Å². The first-order valence-electron chi connectivity index (χ1n) is 7.10. The highest BCUT2D eigenvalue weighted by Gasteiger charge is 2.28. The van der Waals surface area contributed by atoms with Crippen LogP contribution < -0.4 is 11.1 Å². The summed E-state index contributed by atoms with van der Waals surface area (Å²) in [6.07, 6.45) is 2.47. The summed E-state index contributed by atoms with van der Waals surface area (Å²) in [5, 5.41) is 10.5. The fourth-order valence-electron chi connectivity index (χ4n) is 2.71. The number of hydrogen-bond acceptors (Lipinski definition) is 3. The molecule has 4 N–H and O–H groups in total. The molecule has 1 amide bonds. The van der Waals surface area contributed by atoms with Gasteiger partial charge in [-0.25, -0.2) is 0 Å². The van der Waals surface area contributed by atoms with Crippen molar-refractivity contribution in [3.8, 4) is 11.3 Å². The molecular weight excluding hydrogens is 368 g/mol. The van der Waals surface area contributed by atoms with Crippen LogP contribution in [0.25, 0.3) is 11.3 Å². The fraction of sp³-hybridized carbons (Fsp3) is 0.333. The third-order valence-corrected chi connectivity index (χ3v) is 4.71. The maximum absolute atomic E-state index is 12.2. The molecule has 1 aromatic heterocycles. The topological polar surface area (TPSA) is 83.8 Å². The fourth-order valence-corrected chi connectivity index (χ4v) is 3.29. The normalized spacial score (nSPS) is 21.0. The van der Waals surface area contributed by atoms with Crippen molar-refractivity contribution >= 4 is 39.3 Å². The standard InChI is InChI=1S/C15H16BrClN4O/c16-9-2-4-12(17)11(6-9)13-7-14(21-20-13)19-15(22)8-1-3-10(18)5-8/h2,4,6-8,10H,1,3,5,18H2,(H2,19,20,21,22). The summed E-state index contributed by atoms with van der Waals surface area (Å²) in [6, 6.07) is 7.48. The predicted octanol–water partition coefficient (Wildman–Crippen LogP) is 3.56. The van der Waals surface area contributed by atoms with Gasteiger partial charge in [-0.2, -0.15) is 5.10 Å². The number of H-pyrrole nitrogens is 1. The van der Waals surface area contributed by atoms with Crippen LogP contribution in [0, 0.1) is 5.92 Å². The van der Waals surface area contributed by atoms with Crippen LogP contribution in [0.5, 0.6) is 0 Å². The van der Waals surface area contributed by atoms with Crippen LogP contribution in [0.1, 0.15) is 19.3 Å². The van der Waals surface area contributed by atoms with Crippen molar-refractivity contribution < 1.29 is 4.79 Å². The molecule has 116 valence electrons. The van der Waals surface area contributed by atoms with Crippen LogP contribution in [0.3, 0.4) is 0 Å². The summed E-state index contributed by atoms with van der Waals surface area (Å²) < 4.78 is 0.923. The number of hydrogen-bond donors (Lipinski definition) is 3. The quantitative estimate of drug-likeness (QED) is 0.757. The summed E-state index contributed by atoms with van der Waals surface area (Å²) in [7, 11) is 0. The molecule has 3 rings (SSSR count). The maximum atomic E-state index is 12.2. The monoisotopic (exact) mass is 382 g/mol. The Morgan fingerprint density at radius 2 is 2.23 bits per heavy atom. The van der Waals surface area contributed by atoms with Gasteiger partial charge in [-0.1, -0.05) is 27.5 Å². The van der Waals surface area contributed by atoms with Crippen molar-refractivity contribution in [2.45, 2.75) is 25.3 Å².